The molecular weight excluding hydrogens is 506 g/mol. The Hall–Kier alpha value is 0.317. The molecule has 3 nitrogen and oxygen atoms in total. The third-order valence-corrected chi connectivity index (χ3v) is 14.1. The first-order chi connectivity index (χ1) is 13.6. The van der Waals surface area contributed by atoms with Crippen LogP contribution >= 0.6 is 58.0 Å². The van der Waals surface area contributed by atoms with Crippen molar-refractivity contribution in [1.29, 1.82) is 0 Å². The largest absolute Gasteiger partial charge is 0.423 e. The van der Waals surface area contributed by atoms with Crippen molar-refractivity contribution >= 4 is 72.3 Å². The number of fused-ring (bicyclic) bond motifs is 1. The maximum atomic E-state index is 13.3. The summed E-state index contributed by atoms with van der Waals surface area (Å²) >= 11 is 30.8. The van der Waals surface area contributed by atoms with E-state index < -0.39 is 25.8 Å². The van der Waals surface area contributed by atoms with E-state index in [1.54, 1.807) is 0 Å². The molecule has 2 aliphatic carbocycles. The second-order valence-electron chi connectivity index (χ2n) is 10.2. The summed E-state index contributed by atoms with van der Waals surface area (Å²) in [5, 5.41) is -0.00398. The molecule has 3 atom stereocenters. The van der Waals surface area contributed by atoms with E-state index in [0.29, 0.717) is 6.42 Å². The molecule has 9 heteroatoms. The van der Waals surface area contributed by atoms with Gasteiger partial charge in [0.15, 0.2) is 14.1 Å². The number of carbonyl (C=O) groups is 1. The fourth-order valence-corrected chi connectivity index (χ4v) is 7.49. The maximum Gasteiger partial charge on any atom is 0.317 e. The Labute approximate surface area is 204 Å². The minimum absolute atomic E-state index is 0.00193. The highest BCUT2D eigenvalue weighted by atomic mass is 35.5. The average molecular weight is 533 g/mol. The van der Waals surface area contributed by atoms with E-state index in [1.807, 2.05) is 0 Å². The van der Waals surface area contributed by atoms with E-state index >= 15 is 0 Å². The first-order valence-electron chi connectivity index (χ1n) is 10.0. The average Bonchev–Trinajstić information content (AvgIpc) is 2.86. The molecule has 2 saturated carbocycles. The Bertz CT molecular complexity index is 869. The number of ether oxygens (including phenoxy) is 1. The van der Waals surface area contributed by atoms with Crippen LogP contribution in [0.15, 0.2) is 0 Å². The zero-order valence-corrected chi connectivity index (χ0v) is 22.8. The summed E-state index contributed by atoms with van der Waals surface area (Å²) in [7, 11) is -2.13. The van der Waals surface area contributed by atoms with E-state index in [4.69, 9.17) is 67.2 Å². The van der Waals surface area contributed by atoms with Crippen LogP contribution in [0.5, 0.6) is 5.75 Å². The van der Waals surface area contributed by atoms with E-state index in [1.165, 1.54) is 0 Å². The molecule has 0 saturated heterocycles. The number of carbonyl (C=O) groups excluding carboxylic acids is 1. The van der Waals surface area contributed by atoms with Gasteiger partial charge in [-0.25, -0.2) is 0 Å². The summed E-state index contributed by atoms with van der Waals surface area (Å²) in [4.78, 5) is 13.3. The van der Waals surface area contributed by atoms with Gasteiger partial charge < -0.3 is 9.16 Å². The van der Waals surface area contributed by atoms with Gasteiger partial charge in [0.2, 0.25) is 0 Å². The molecule has 0 bridgehead atoms. The van der Waals surface area contributed by atoms with Gasteiger partial charge in [-0.2, -0.15) is 0 Å². The van der Waals surface area contributed by atoms with Crippen LogP contribution in [0.2, 0.25) is 43.2 Å². The molecule has 0 N–H and O–H groups in total. The summed E-state index contributed by atoms with van der Waals surface area (Å²) < 4.78 is 12.6. The van der Waals surface area contributed by atoms with Crippen LogP contribution in [0.4, 0.5) is 0 Å². The van der Waals surface area contributed by atoms with Crippen LogP contribution < -0.4 is 4.74 Å². The van der Waals surface area contributed by atoms with Crippen LogP contribution in [0.3, 0.4) is 0 Å². The van der Waals surface area contributed by atoms with Gasteiger partial charge in [0.1, 0.15) is 10.0 Å². The van der Waals surface area contributed by atoms with Gasteiger partial charge in [0, 0.05) is 0 Å². The third-order valence-electron chi connectivity index (χ3n) is 7.42. The van der Waals surface area contributed by atoms with Gasteiger partial charge in [0.25, 0.3) is 0 Å². The standard InChI is InChI=1S/C21H27Cl5O3Si/c1-19(2,3)30(5,6)29-21-9-7-8-20(21,4)10-11(21)18(27)28-17-15(25)13(23)12(22)14(24)16(17)26/h11H,7-10H2,1-6H3/t11-,20+,21+/m1/s1. The van der Waals surface area contributed by atoms with Crippen LogP contribution in [0.1, 0.15) is 53.4 Å². The van der Waals surface area contributed by atoms with Crippen molar-refractivity contribution in [2.45, 2.75) is 77.1 Å². The molecule has 3 rings (SSSR count). The molecule has 0 aliphatic heterocycles. The molecule has 0 aromatic heterocycles. The fourth-order valence-electron chi connectivity index (χ4n) is 4.58. The second kappa shape index (κ2) is 7.97. The molecule has 2 aliphatic rings. The van der Waals surface area contributed by atoms with Gasteiger partial charge in [-0.05, 0) is 49.2 Å². The lowest BCUT2D eigenvalue weighted by Gasteiger charge is -2.61. The first kappa shape index (κ1) is 24.9. The quantitative estimate of drug-likeness (QED) is 0.128. The molecular formula is C21H27Cl5O3Si. The minimum Gasteiger partial charge on any atom is -0.423 e. The fraction of sp³-hybridized carbons (Fsp3) is 0.667. The topological polar surface area (TPSA) is 35.5 Å². The Kier molecular flexibility index (Phi) is 6.63. The number of rotatable bonds is 4. The molecule has 0 heterocycles. The molecule has 1 aromatic rings. The Balaban J connectivity index is 1.94. The Morgan fingerprint density at radius 2 is 1.47 bits per heavy atom. The lowest BCUT2D eigenvalue weighted by atomic mass is 9.53. The minimum atomic E-state index is -2.13. The van der Waals surface area contributed by atoms with Gasteiger partial charge in [-0.1, -0.05) is 85.7 Å². The Morgan fingerprint density at radius 1 is 0.967 bits per heavy atom. The van der Waals surface area contributed by atoms with Gasteiger partial charge in [-0.3, -0.25) is 4.79 Å². The second-order valence-corrected chi connectivity index (χ2v) is 16.9. The zero-order valence-electron chi connectivity index (χ0n) is 18.0. The maximum absolute atomic E-state index is 13.3. The molecule has 2 fully saturated rings. The van der Waals surface area contributed by atoms with Gasteiger partial charge in [-0.15, -0.1) is 0 Å². The highest BCUT2D eigenvalue weighted by Gasteiger charge is 2.70. The molecule has 1 aromatic carbocycles. The molecule has 0 spiro atoms. The molecule has 0 radical (unpaired) electrons. The van der Waals surface area contributed by atoms with Crippen LogP contribution in [0.25, 0.3) is 0 Å². The van der Waals surface area contributed by atoms with Crippen molar-refractivity contribution in [2.75, 3.05) is 0 Å². The molecule has 30 heavy (non-hydrogen) atoms. The highest BCUT2D eigenvalue weighted by Crippen LogP contribution is 2.67. The summed E-state index contributed by atoms with van der Waals surface area (Å²) in [6.07, 6.45) is 3.59. The first-order valence-corrected chi connectivity index (χ1v) is 14.8. The van der Waals surface area contributed by atoms with Crippen molar-refractivity contribution in [1.82, 2.24) is 0 Å². The summed E-state index contributed by atoms with van der Waals surface area (Å²) in [6.45, 7) is 13.2. The number of benzene rings is 1. The lowest BCUT2D eigenvalue weighted by Crippen LogP contribution is -2.68. The lowest BCUT2D eigenvalue weighted by molar-refractivity contribution is -0.196. The van der Waals surface area contributed by atoms with Gasteiger partial charge in [0.05, 0.1) is 26.6 Å². The van der Waals surface area contributed by atoms with E-state index in [-0.39, 0.29) is 41.3 Å². The normalized spacial score (nSPS) is 28.8. The number of halogens is 5. The van der Waals surface area contributed by atoms with E-state index in [0.717, 1.165) is 19.3 Å². The van der Waals surface area contributed by atoms with Gasteiger partial charge >= 0.3 is 5.97 Å². The Morgan fingerprint density at radius 3 is 1.93 bits per heavy atom. The third kappa shape index (κ3) is 3.72. The SMILES string of the molecule is CC(C)(C)[Si](C)(C)O[C@]12CCC[C@@]1(C)C[C@@H]2C(=O)Oc1c(Cl)c(Cl)c(Cl)c(Cl)c1Cl. The van der Waals surface area contributed by atoms with Crippen molar-refractivity contribution in [3.05, 3.63) is 25.1 Å². The summed E-state index contributed by atoms with van der Waals surface area (Å²) in [6, 6.07) is 0. The van der Waals surface area contributed by atoms with Crippen molar-refractivity contribution < 1.29 is 14.0 Å². The number of hydrogen-bond donors (Lipinski definition) is 0. The number of esters is 1. The van der Waals surface area contributed by atoms with E-state index in [9.17, 15) is 4.79 Å². The smallest absolute Gasteiger partial charge is 0.317 e. The molecule has 0 amide bonds. The highest BCUT2D eigenvalue weighted by molar-refractivity contribution is 6.74. The van der Waals surface area contributed by atoms with E-state index in [2.05, 4.69) is 40.8 Å². The summed E-state index contributed by atoms with van der Waals surface area (Å²) in [5.41, 5.74) is -0.582. The van der Waals surface area contributed by atoms with Crippen LogP contribution in [0, 0.1) is 11.3 Å². The monoisotopic (exact) mass is 530 g/mol. The van der Waals surface area contributed by atoms with Crippen LogP contribution in [-0.2, 0) is 9.22 Å². The predicted molar refractivity (Wildman–Crippen MR) is 128 cm³/mol. The molecule has 168 valence electrons. The van der Waals surface area contributed by atoms with Crippen molar-refractivity contribution in [3.8, 4) is 5.75 Å². The number of hydrogen-bond acceptors (Lipinski definition) is 3. The zero-order chi connectivity index (χ0) is 22.9. The predicted octanol–water partition coefficient (Wildman–Crippen LogP) is 8.83. The van der Waals surface area contributed by atoms with Crippen molar-refractivity contribution in [2.24, 2.45) is 11.3 Å². The summed E-state index contributed by atoms with van der Waals surface area (Å²) in [5.74, 6) is -0.886. The molecule has 0 unspecified atom stereocenters. The van der Waals surface area contributed by atoms with Crippen molar-refractivity contribution in [3.63, 3.8) is 0 Å². The van der Waals surface area contributed by atoms with Crippen LogP contribution in [-0.4, -0.2) is 19.9 Å².